The summed E-state index contributed by atoms with van der Waals surface area (Å²) >= 11 is 0. The van der Waals surface area contributed by atoms with Crippen molar-refractivity contribution < 1.29 is 5.11 Å². The molecule has 5 saturated carbocycles. The summed E-state index contributed by atoms with van der Waals surface area (Å²) in [6.45, 7) is 10.7. The van der Waals surface area contributed by atoms with Crippen molar-refractivity contribution in [2.24, 2.45) is 57.7 Å². The van der Waals surface area contributed by atoms with E-state index in [1.165, 1.54) is 64.2 Å². The number of hydrogen-bond acceptors (Lipinski definition) is 1. The second-order valence-electron chi connectivity index (χ2n) is 13.4. The van der Waals surface area contributed by atoms with Gasteiger partial charge in [0.1, 0.15) is 0 Å². The van der Waals surface area contributed by atoms with Crippen LogP contribution in [0.15, 0.2) is 0 Å². The smallest absolute Gasteiger partial charge is 0.0487 e. The molecule has 10 atom stereocenters. The third-order valence-corrected chi connectivity index (χ3v) is 12.2. The van der Waals surface area contributed by atoms with E-state index < -0.39 is 0 Å². The third kappa shape index (κ3) is 3.18. The van der Waals surface area contributed by atoms with Crippen molar-refractivity contribution in [1.82, 2.24) is 0 Å². The minimum absolute atomic E-state index is 0.272. The van der Waals surface area contributed by atoms with E-state index in [9.17, 15) is 5.11 Å². The average Bonchev–Trinajstić information content (AvgIpc) is 3.23. The molecule has 0 aromatic heterocycles. The second-order valence-corrected chi connectivity index (χ2v) is 13.4. The lowest BCUT2D eigenvalue weighted by Gasteiger charge is -2.61. The number of aliphatic hydroxyl groups is 1. The van der Waals surface area contributed by atoms with Gasteiger partial charge < -0.3 is 5.11 Å². The van der Waals surface area contributed by atoms with Gasteiger partial charge >= 0.3 is 0 Å². The first kappa shape index (κ1) is 20.8. The van der Waals surface area contributed by atoms with E-state index in [1.54, 1.807) is 19.3 Å². The fourth-order valence-corrected chi connectivity index (χ4v) is 10.1. The Morgan fingerprint density at radius 2 is 1.66 bits per heavy atom. The summed E-state index contributed by atoms with van der Waals surface area (Å²) in [5.74, 6) is 6.82. The van der Waals surface area contributed by atoms with Crippen LogP contribution in [-0.4, -0.2) is 11.7 Å². The molecule has 1 nitrogen and oxygen atoms in total. The molecule has 5 rings (SSSR count). The molecule has 3 unspecified atom stereocenters. The van der Waals surface area contributed by atoms with Gasteiger partial charge in [-0.15, -0.1) is 0 Å². The molecule has 0 saturated heterocycles. The van der Waals surface area contributed by atoms with Crippen LogP contribution in [0.2, 0.25) is 0 Å². The summed E-state index contributed by atoms with van der Waals surface area (Å²) in [7, 11) is 0. The van der Waals surface area contributed by atoms with Crippen molar-refractivity contribution in [2.45, 2.75) is 111 Å². The predicted octanol–water partition coefficient (Wildman–Crippen LogP) is 7.47. The highest BCUT2D eigenvalue weighted by molar-refractivity contribution is 5.09. The lowest BCUT2D eigenvalue weighted by molar-refractivity contribution is -0.114. The van der Waals surface area contributed by atoms with Crippen molar-refractivity contribution in [3.8, 4) is 0 Å². The van der Waals surface area contributed by atoms with Gasteiger partial charge in [-0.25, -0.2) is 0 Å². The minimum Gasteiger partial charge on any atom is -0.396 e. The second kappa shape index (κ2) is 7.25. The van der Waals surface area contributed by atoms with E-state index >= 15 is 0 Å². The summed E-state index contributed by atoms with van der Waals surface area (Å²) in [6.07, 6.45) is 19.3. The van der Waals surface area contributed by atoms with Gasteiger partial charge in [0, 0.05) is 6.61 Å². The maximum Gasteiger partial charge on any atom is 0.0487 e. The number of rotatable bonds is 5. The zero-order valence-corrected chi connectivity index (χ0v) is 19.9. The van der Waals surface area contributed by atoms with Crippen molar-refractivity contribution in [3.63, 3.8) is 0 Å². The first-order valence-corrected chi connectivity index (χ1v) is 13.4. The summed E-state index contributed by atoms with van der Waals surface area (Å²) in [4.78, 5) is 0. The van der Waals surface area contributed by atoms with Crippen LogP contribution in [0, 0.1) is 57.7 Å². The SMILES string of the molecule is C[C@H](CCC1CC1(C)CO)[C@H]1CC[C@H]2[C@@H]3CCC4CCCC[C@]4(C)[C@H]3CC[C@]12C. The van der Waals surface area contributed by atoms with E-state index in [1.807, 2.05) is 0 Å². The van der Waals surface area contributed by atoms with Crippen LogP contribution in [0.25, 0.3) is 0 Å². The Hall–Kier alpha value is -0.0400. The molecular weight excluding hydrogens is 352 g/mol. The first-order valence-electron chi connectivity index (χ1n) is 13.4. The van der Waals surface area contributed by atoms with E-state index in [0.717, 1.165) is 41.4 Å². The fourth-order valence-electron chi connectivity index (χ4n) is 10.1. The highest BCUT2D eigenvalue weighted by Gasteiger charge is 2.60. The molecule has 0 aromatic carbocycles. The van der Waals surface area contributed by atoms with Crippen molar-refractivity contribution >= 4 is 0 Å². The van der Waals surface area contributed by atoms with Crippen molar-refractivity contribution in [3.05, 3.63) is 0 Å². The van der Waals surface area contributed by atoms with E-state index in [-0.39, 0.29) is 5.41 Å². The molecule has 0 bridgehead atoms. The van der Waals surface area contributed by atoms with Crippen LogP contribution in [-0.2, 0) is 0 Å². The molecule has 0 heterocycles. The van der Waals surface area contributed by atoms with Gasteiger partial charge in [0.2, 0.25) is 0 Å². The highest BCUT2D eigenvalue weighted by atomic mass is 16.3. The summed E-state index contributed by atoms with van der Waals surface area (Å²) in [5.41, 5.74) is 1.59. The van der Waals surface area contributed by atoms with Gasteiger partial charge in [-0.1, -0.05) is 47.0 Å². The third-order valence-electron chi connectivity index (χ3n) is 12.2. The van der Waals surface area contributed by atoms with Crippen LogP contribution in [0.5, 0.6) is 0 Å². The molecule has 1 heteroatoms. The Labute approximate surface area is 180 Å². The van der Waals surface area contributed by atoms with Crippen LogP contribution in [0.1, 0.15) is 111 Å². The summed E-state index contributed by atoms with van der Waals surface area (Å²) in [6, 6.07) is 0. The lowest BCUT2D eigenvalue weighted by Crippen LogP contribution is -2.53. The number of fused-ring (bicyclic) bond motifs is 5. The van der Waals surface area contributed by atoms with Gasteiger partial charge in [-0.2, -0.15) is 0 Å². The molecule has 0 spiro atoms. The molecule has 5 aliphatic carbocycles. The van der Waals surface area contributed by atoms with Crippen LogP contribution >= 0.6 is 0 Å². The van der Waals surface area contributed by atoms with Gasteiger partial charge in [-0.3, -0.25) is 0 Å². The molecule has 0 aliphatic heterocycles. The zero-order valence-electron chi connectivity index (χ0n) is 19.9. The Kier molecular flexibility index (Phi) is 5.21. The molecule has 0 amide bonds. The van der Waals surface area contributed by atoms with Crippen LogP contribution in [0.3, 0.4) is 0 Å². The number of hydrogen-bond donors (Lipinski definition) is 1. The lowest BCUT2D eigenvalue weighted by atomic mass is 9.44. The Morgan fingerprint density at radius 1 is 0.862 bits per heavy atom. The van der Waals surface area contributed by atoms with Gasteiger partial charge in [-0.05, 0) is 122 Å². The maximum absolute atomic E-state index is 9.62. The van der Waals surface area contributed by atoms with Crippen LogP contribution < -0.4 is 0 Å². The molecule has 29 heavy (non-hydrogen) atoms. The fraction of sp³-hybridized carbons (Fsp3) is 1.00. The first-order chi connectivity index (χ1) is 13.8. The average molecular weight is 401 g/mol. The summed E-state index contributed by atoms with van der Waals surface area (Å²) < 4.78 is 0. The molecule has 166 valence electrons. The van der Waals surface area contributed by atoms with E-state index in [2.05, 4.69) is 27.7 Å². The van der Waals surface area contributed by atoms with E-state index in [4.69, 9.17) is 0 Å². The topological polar surface area (TPSA) is 20.2 Å². The van der Waals surface area contributed by atoms with Gasteiger partial charge in [0.25, 0.3) is 0 Å². The molecule has 5 aliphatic rings. The largest absolute Gasteiger partial charge is 0.396 e. The minimum atomic E-state index is 0.272. The van der Waals surface area contributed by atoms with Crippen LogP contribution in [0.4, 0.5) is 0 Å². The quantitative estimate of drug-likeness (QED) is 0.507. The maximum atomic E-state index is 9.62. The Morgan fingerprint density at radius 3 is 2.41 bits per heavy atom. The van der Waals surface area contributed by atoms with E-state index in [0.29, 0.717) is 17.4 Å². The zero-order chi connectivity index (χ0) is 20.4. The van der Waals surface area contributed by atoms with Crippen molar-refractivity contribution in [2.75, 3.05) is 6.61 Å². The van der Waals surface area contributed by atoms with Crippen molar-refractivity contribution in [1.29, 1.82) is 0 Å². The Balaban J connectivity index is 1.26. The number of aliphatic hydroxyl groups excluding tert-OH is 1. The van der Waals surface area contributed by atoms with Gasteiger partial charge in [0.15, 0.2) is 0 Å². The summed E-state index contributed by atoms with van der Waals surface area (Å²) in [5, 5.41) is 9.62. The monoisotopic (exact) mass is 400 g/mol. The molecule has 5 fully saturated rings. The molecular formula is C28H48O. The standard InChI is InChI=1S/C28H48O/c1-19(8-9-21-17-26(21,2)18-29)23-12-13-24-22-11-10-20-7-5-6-15-27(20,3)25(22)14-16-28(23,24)4/h19-25,29H,5-18H2,1-4H3/t19-,20?,21?,22+,23-,24+,25+,26?,27+,28-/m1/s1. The molecule has 0 radical (unpaired) electrons. The molecule has 1 N–H and O–H groups in total. The normalized spacial score (nSPS) is 54.9. The van der Waals surface area contributed by atoms with Gasteiger partial charge in [0.05, 0.1) is 0 Å². The molecule has 0 aromatic rings. The predicted molar refractivity (Wildman–Crippen MR) is 122 cm³/mol. The highest BCUT2D eigenvalue weighted by Crippen LogP contribution is 2.68. The Bertz CT molecular complexity index is 613.